The van der Waals surface area contributed by atoms with Gasteiger partial charge in [-0.05, 0) is 0 Å². The summed E-state index contributed by atoms with van der Waals surface area (Å²) in [5.41, 5.74) is 0.377. The lowest BCUT2D eigenvalue weighted by atomic mass is 10.6. The first-order chi connectivity index (χ1) is 4.68. The van der Waals surface area contributed by atoms with Crippen molar-refractivity contribution in [1.82, 2.24) is 0 Å². The molecule has 0 saturated heterocycles. The van der Waals surface area contributed by atoms with Crippen molar-refractivity contribution in [2.24, 2.45) is 0 Å². The summed E-state index contributed by atoms with van der Waals surface area (Å²) in [6.07, 6.45) is 0. The van der Waals surface area contributed by atoms with Crippen LogP contribution in [0.5, 0.6) is 0 Å². The minimum Gasteiger partial charge on any atom is -0.335 e. The molecule has 0 bridgehead atoms. The molecule has 0 radical (unpaired) electrons. The van der Waals surface area contributed by atoms with Crippen molar-refractivity contribution in [3.8, 4) is 0 Å². The van der Waals surface area contributed by atoms with E-state index >= 15 is 0 Å². The minimum absolute atomic E-state index is 0.377. The summed E-state index contributed by atoms with van der Waals surface area (Å²) < 4.78 is 5.16. The summed E-state index contributed by atoms with van der Waals surface area (Å²) >= 11 is 5.79. The van der Waals surface area contributed by atoms with E-state index in [0.29, 0.717) is 18.8 Å². The first-order valence-corrected chi connectivity index (χ1v) is 5.33. The number of nitrogens with zero attached hydrogens (tertiary/aromatic N) is 1. The Morgan fingerprint density at radius 2 is 2.30 bits per heavy atom. The van der Waals surface area contributed by atoms with Crippen LogP contribution in [0.3, 0.4) is 0 Å². The predicted octanol–water partition coefficient (Wildman–Crippen LogP) is 2.88. The van der Waals surface area contributed by atoms with Crippen LogP contribution in [-0.4, -0.2) is 18.8 Å². The Labute approximate surface area is 68.0 Å². The Kier molecular flexibility index (Phi) is 6.02. The Balaban J connectivity index is 3.23. The van der Waals surface area contributed by atoms with E-state index in [4.69, 9.17) is 22.3 Å². The molecule has 2 nitrogen and oxygen atoms in total. The van der Waals surface area contributed by atoms with Gasteiger partial charge in [0.25, 0.3) is 0 Å². The summed E-state index contributed by atoms with van der Waals surface area (Å²) in [7, 11) is -0.822. The Morgan fingerprint density at radius 3 is 2.70 bits per heavy atom. The molecule has 0 fully saturated rings. The van der Waals surface area contributed by atoms with E-state index in [1.807, 2.05) is 13.8 Å². The van der Waals surface area contributed by atoms with Gasteiger partial charge in [0.15, 0.2) is 0 Å². The Morgan fingerprint density at radius 1 is 1.70 bits per heavy atom. The second-order valence-corrected chi connectivity index (χ2v) is 4.92. The molecule has 0 heterocycles. The topological polar surface area (TPSA) is 13.6 Å². The van der Waals surface area contributed by atoms with Crippen molar-refractivity contribution in [3.63, 3.8) is 0 Å². The molecule has 1 unspecified atom stereocenters. The molecule has 0 aliphatic heterocycles. The zero-order valence-electron chi connectivity index (χ0n) is 6.17. The molecule has 0 rings (SSSR count). The zero-order chi connectivity index (χ0) is 7.98. The third-order valence-corrected chi connectivity index (χ3v) is 3.53. The van der Waals surface area contributed by atoms with Gasteiger partial charge in [0, 0.05) is 5.66 Å². The van der Waals surface area contributed by atoms with Crippen molar-refractivity contribution in [3.05, 3.63) is 11.4 Å². The van der Waals surface area contributed by atoms with E-state index in [1.54, 1.807) is 0 Å². The Bertz CT molecular complexity index is 123. The van der Waals surface area contributed by atoms with Crippen LogP contribution in [0.2, 0.25) is 0 Å². The van der Waals surface area contributed by atoms with Crippen molar-refractivity contribution in [1.29, 1.82) is 0 Å². The maximum Gasteiger partial charge on any atom is 0.238 e. The summed E-state index contributed by atoms with van der Waals surface area (Å²) in [5, 5.41) is 0. The van der Waals surface area contributed by atoms with Crippen LogP contribution in [-0.2, 0) is 4.52 Å². The first kappa shape index (κ1) is 10.2. The van der Waals surface area contributed by atoms with Crippen molar-refractivity contribution in [2.45, 2.75) is 19.5 Å². The molecule has 0 aromatic carbocycles. The van der Waals surface area contributed by atoms with Gasteiger partial charge in [0.1, 0.15) is 14.1 Å². The smallest absolute Gasteiger partial charge is 0.238 e. The van der Waals surface area contributed by atoms with E-state index in [9.17, 15) is 0 Å². The summed E-state index contributed by atoms with van der Waals surface area (Å²) in [6.45, 7) is 11.4. The van der Waals surface area contributed by atoms with Crippen LogP contribution in [0, 0.1) is 6.57 Å². The SMILES string of the molecule is [C-]#[N+]CCOP(Cl)C(C)C. The van der Waals surface area contributed by atoms with E-state index in [2.05, 4.69) is 4.85 Å². The monoisotopic (exact) mass is 179 g/mol. The number of hydrogen-bond acceptors (Lipinski definition) is 1. The standard InChI is InChI=1S/C6H11ClNOP/c1-6(2)10(7)9-5-4-8-3/h6H,4-5H2,1-2H3. The van der Waals surface area contributed by atoms with Gasteiger partial charge in [0.05, 0.1) is 0 Å². The lowest BCUT2D eigenvalue weighted by Gasteiger charge is -2.10. The predicted molar refractivity (Wildman–Crippen MR) is 45.3 cm³/mol. The third kappa shape index (κ3) is 4.99. The average molecular weight is 180 g/mol. The molecule has 0 aromatic heterocycles. The van der Waals surface area contributed by atoms with Crippen molar-refractivity contribution >= 4 is 18.7 Å². The molecule has 0 N–H and O–H groups in total. The molecule has 0 spiro atoms. The fourth-order valence-corrected chi connectivity index (χ4v) is 1.08. The molecule has 1 atom stereocenters. The minimum atomic E-state index is -0.822. The van der Waals surface area contributed by atoms with Gasteiger partial charge in [-0.1, -0.05) is 25.1 Å². The van der Waals surface area contributed by atoms with Gasteiger partial charge in [0.2, 0.25) is 6.54 Å². The maximum atomic E-state index is 6.46. The lowest BCUT2D eigenvalue weighted by Crippen LogP contribution is -1.95. The third-order valence-electron chi connectivity index (χ3n) is 0.824. The summed E-state index contributed by atoms with van der Waals surface area (Å²) in [6, 6.07) is 0. The zero-order valence-corrected chi connectivity index (χ0v) is 7.82. The van der Waals surface area contributed by atoms with E-state index < -0.39 is 7.50 Å². The molecule has 4 heteroatoms. The number of rotatable bonds is 4. The number of halogens is 1. The molecule has 0 aromatic rings. The second-order valence-electron chi connectivity index (χ2n) is 2.08. The van der Waals surface area contributed by atoms with Gasteiger partial charge in [-0.3, -0.25) is 0 Å². The van der Waals surface area contributed by atoms with E-state index in [-0.39, 0.29) is 0 Å². The highest BCUT2D eigenvalue weighted by molar-refractivity contribution is 7.80. The fraction of sp³-hybridized carbons (Fsp3) is 0.833. The van der Waals surface area contributed by atoms with Crippen LogP contribution >= 0.6 is 18.7 Å². The van der Waals surface area contributed by atoms with Gasteiger partial charge in [-0.2, -0.15) is 0 Å². The van der Waals surface area contributed by atoms with E-state index in [0.717, 1.165) is 0 Å². The quantitative estimate of drug-likeness (QED) is 0.368. The van der Waals surface area contributed by atoms with E-state index in [1.165, 1.54) is 0 Å². The van der Waals surface area contributed by atoms with Crippen LogP contribution < -0.4 is 0 Å². The highest BCUT2D eigenvalue weighted by Crippen LogP contribution is 2.46. The highest BCUT2D eigenvalue weighted by atomic mass is 35.7. The van der Waals surface area contributed by atoms with Crippen molar-refractivity contribution < 1.29 is 4.52 Å². The van der Waals surface area contributed by atoms with Crippen molar-refractivity contribution in [2.75, 3.05) is 13.2 Å². The Hall–Kier alpha value is 0.170. The number of hydrogen-bond donors (Lipinski definition) is 0. The summed E-state index contributed by atoms with van der Waals surface area (Å²) in [4.78, 5) is 3.14. The molecule has 58 valence electrons. The first-order valence-electron chi connectivity index (χ1n) is 3.09. The average Bonchev–Trinajstić information content (AvgIpc) is 1.88. The molecule has 0 amide bonds. The fourth-order valence-electron chi connectivity index (χ4n) is 0.323. The van der Waals surface area contributed by atoms with Gasteiger partial charge < -0.3 is 9.37 Å². The molecule has 0 aliphatic rings. The largest absolute Gasteiger partial charge is 0.335 e. The van der Waals surface area contributed by atoms with Crippen LogP contribution in [0.1, 0.15) is 13.8 Å². The van der Waals surface area contributed by atoms with Crippen LogP contribution in [0.15, 0.2) is 0 Å². The highest BCUT2D eigenvalue weighted by Gasteiger charge is 2.09. The molecule has 0 aliphatic carbocycles. The van der Waals surface area contributed by atoms with Gasteiger partial charge in [-0.15, -0.1) is 0 Å². The molecule has 10 heavy (non-hydrogen) atoms. The molecule has 0 saturated carbocycles. The second kappa shape index (κ2) is 5.92. The normalized spacial score (nSPS) is 13.1. The van der Waals surface area contributed by atoms with Crippen LogP contribution in [0.25, 0.3) is 4.85 Å². The summed E-state index contributed by atoms with van der Waals surface area (Å²) in [5.74, 6) is 0. The van der Waals surface area contributed by atoms with Crippen LogP contribution in [0.4, 0.5) is 0 Å². The molecular formula is C6H11ClNOP. The molecular weight excluding hydrogens is 168 g/mol. The van der Waals surface area contributed by atoms with Gasteiger partial charge in [-0.25, -0.2) is 6.57 Å². The van der Waals surface area contributed by atoms with Gasteiger partial charge >= 0.3 is 0 Å². The maximum absolute atomic E-state index is 6.46. The lowest BCUT2D eigenvalue weighted by molar-refractivity contribution is 0.377.